The van der Waals surface area contributed by atoms with E-state index in [1.54, 1.807) is 0 Å². The Hall–Kier alpha value is -4.19. The van der Waals surface area contributed by atoms with Crippen LogP contribution in [0.3, 0.4) is 0 Å². The molecule has 3 aromatic rings. The Kier molecular flexibility index (Phi) is 9.54. The number of nitrogens with zero attached hydrogens (tertiary/aromatic N) is 1. The molecule has 0 fully saturated rings. The molecule has 0 radical (unpaired) electrons. The molecule has 0 aliphatic carbocycles. The molecule has 1 aliphatic heterocycles. The lowest BCUT2D eigenvalue weighted by Gasteiger charge is -2.22. The Balaban J connectivity index is 1.48. The fraction of sp³-hybridized carbons (Fsp3) is 0.265. The molecular weight excluding hydrogens is 506 g/mol. The number of aldehydes is 1. The van der Waals surface area contributed by atoms with Gasteiger partial charge in [-0.15, -0.1) is 0 Å². The minimum absolute atomic E-state index is 0.0572. The second kappa shape index (κ2) is 13.2. The van der Waals surface area contributed by atoms with Crippen molar-refractivity contribution in [1.29, 1.82) is 0 Å². The van der Waals surface area contributed by atoms with Crippen molar-refractivity contribution in [3.8, 4) is 0 Å². The molecule has 4 nitrogen and oxygen atoms in total. The molecule has 0 aromatic heterocycles. The zero-order chi connectivity index (χ0) is 28.5. The van der Waals surface area contributed by atoms with Crippen molar-refractivity contribution in [2.45, 2.75) is 51.9 Å². The number of amides is 1. The molecule has 1 aliphatic rings. The third kappa shape index (κ3) is 6.87. The monoisotopic (exact) mass is 540 g/mol. The number of rotatable bonds is 10. The highest BCUT2D eigenvalue weighted by Crippen LogP contribution is 2.37. The van der Waals surface area contributed by atoms with Crippen LogP contribution in [0.25, 0.3) is 11.3 Å². The molecule has 1 heterocycles. The second-order valence-electron chi connectivity index (χ2n) is 10.0. The lowest BCUT2D eigenvalue weighted by atomic mass is 9.92. The van der Waals surface area contributed by atoms with E-state index < -0.39 is 11.8 Å². The maximum absolute atomic E-state index is 14.5. The summed E-state index contributed by atoms with van der Waals surface area (Å²) in [6, 6.07) is 21.8. The number of halogens is 2. The molecule has 1 amide bonds. The van der Waals surface area contributed by atoms with Crippen molar-refractivity contribution in [2.75, 3.05) is 5.32 Å². The van der Waals surface area contributed by atoms with Crippen LogP contribution in [0.5, 0.6) is 0 Å². The number of hydrogen-bond acceptors (Lipinski definition) is 3. The summed E-state index contributed by atoms with van der Waals surface area (Å²) in [5.41, 5.74) is 6.66. The number of hydrogen-bond donors (Lipinski definition) is 1. The second-order valence-corrected chi connectivity index (χ2v) is 10.0. The SMILES string of the molecule is CCc1ccccc1C1=C(c2ccc(NC(=O)Cc3ccc(C(F)(F)C(C)CC=O)cc3)cc2)CCC=CC=N1. The standard InChI is InChI=1S/C34H34F2N2O2/c1-3-26-9-6-7-11-30(26)33-31(10-5-4-8-21-37-33)27-14-18-29(19-15-27)38-32(40)23-25-12-16-28(17-13-25)34(35,36)24(2)20-22-39/h4,6-9,11-19,21-22,24H,3,5,10,20,23H2,1-2H3,(H,38,40). The molecule has 1 unspecified atom stereocenters. The summed E-state index contributed by atoms with van der Waals surface area (Å²) in [5, 5.41) is 2.90. The summed E-state index contributed by atoms with van der Waals surface area (Å²) < 4.78 is 29.1. The summed E-state index contributed by atoms with van der Waals surface area (Å²) in [5.74, 6) is -4.45. The minimum Gasteiger partial charge on any atom is -0.326 e. The highest BCUT2D eigenvalue weighted by molar-refractivity contribution is 5.96. The van der Waals surface area contributed by atoms with E-state index in [0.29, 0.717) is 17.5 Å². The van der Waals surface area contributed by atoms with Gasteiger partial charge in [0.05, 0.1) is 12.1 Å². The predicted molar refractivity (Wildman–Crippen MR) is 158 cm³/mol. The molecular formula is C34H34F2N2O2. The molecule has 6 heteroatoms. The summed E-state index contributed by atoms with van der Waals surface area (Å²) in [6.07, 6.45) is 8.94. The molecule has 0 spiro atoms. The van der Waals surface area contributed by atoms with E-state index in [0.717, 1.165) is 41.7 Å². The number of carbonyl (C=O) groups excluding carboxylic acids is 2. The zero-order valence-corrected chi connectivity index (χ0v) is 22.9. The number of allylic oxidation sites excluding steroid dienone is 3. The van der Waals surface area contributed by atoms with Crippen molar-refractivity contribution < 1.29 is 18.4 Å². The Bertz CT molecular complexity index is 1420. The van der Waals surface area contributed by atoms with Crippen molar-refractivity contribution in [1.82, 2.24) is 0 Å². The summed E-state index contributed by atoms with van der Waals surface area (Å²) in [4.78, 5) is 28.2. The smallest absolute Gasteiger partial charge is 0.276 e. The van der Waals surface area contributed by atoms with Gasteiger partial charge in [-0.2, -0.15) is 0 Å². The Morgan fingerprint density at radius 3 is 2.48 bits per heavy atom. The Labute approximate surface area is 234 Å². The highest BCUT2D eigenvalue weighted by atomic mass is 19.3. The van der Waals surface area contributed by atoms with Gasteiger partial charge in [0.1, 0.15) is 6.29 Å². The number of aryl methyl sites for hydroxylation is 1. The average molecular weight is 541 g/mol. The van der Waals surface area contributed by atoms with Gasteiger partial charge in [-0.1, -0.05) is 80.6 Å². The summed E-state index contributed by atoms with van der Waals surface area (Å²) >= 11 is 0. The third-order valence-corrected chi connectivity index (χ3v) is 7.22. The number of anilines is 1. The summed E-state index contributed by atoms with van der Waals surface area (Å²) in [7, 11) is 0. The van der Waals surface area contributed by atoms with Crippen molar-refractivity contribution >= 4 is 35.4 Å². The van der Waals surface area contributed by atoms with Gasteiger partial charge in [0, 0.05) is 35.4 Å². The zero-order valence-electron chi connectivity index (χ0n) is 22.9. The van der Waals surface area contributed by atoms with Crippen molar-refractivity contribution in [3.05, 3.63) is 113 Å². The topological polar surface area (TPSA) is 58.5 Å². The van der Waals surface area contributed by atoms with Gasteiger partial charge in [0.2, 0.25) is 5.91 Å². The largest absolute Gasteiger partial charge is 0.326 e. The first-order valence-electron chi connectivity index (χ1n) is 13.6. The van der Waals surface area contributed by atoms with E-state index in [1.165, 1.54) is 36.8 Å². The normalized spacial score (nSPS) is 14.4. The maximum Gasteiger partial charge on any atom is 0.276 e. The molecule has 1 atom stereocenters. The van der Waals surface area contributed by atoms with Crippen LogP contribution >= 0.6 is 0 Å². The predicted octanol–water partition coefficient (Wildman–Crippen LogP) is 8.04. The lowest BCUT2D eigenvalue weighted by molar-refractivity contribution is -0.115. The van der Waals surface area contributed by atoms with Crippen LogP contribution in [0.2, 0.25) is 0 Å². The van der Waals surface area contributed by atoms with E-state index >= 15 is 0 Å². The Morgan fingerprint density at radius 1 is 1.05 bits per heavy atom. The minimum atomic E-state index is -3.12. The van der Waals surface area contributed by atoms with Crippen LogP contribution in [0.15, 0.2) is 89.9 Å². The van der Waals surface area contributed by atoms with Gasteiger partial charge in [0.25, 0.3) is 5.92 Å². The van der Waals surface area contributed by atoms with E-state index in [1.807, 2.05) is 48.7 Å². The van der Waals surface area contributed by atoms with Crippen LogP contribution < -0.4 is 5.32 Å². The molecule has 1 N–H and O–H groups in total. The lowest BCUT2D eigenvalue weighted by Crippen LogP contribution is -2.24. The van der Waals surface area contributed by atoms with E-state index in [4.69, 9.17) is 4.99 Å². The van der Waals surface area contributed by atoms with E-state index in [2.05, 4.69) is 30.4 Å². The number of nitrogens with one attached hydrogen (secondary N) is 1. The van der Waals surface area contributed by atoms with Gasteiger partial charge < -0.3 is 10.1 Å². The van der Waals surface area contributed by atoms with Gasteiger partial charge in [-0.05, 0) is 59.7 Å². The van der Waals surface area contributed by atoms with Crippen LogP contribution in [-0.4, -0.2) is 18.4 Å². The maximum atomic E-state index is 14.5. The molecule has 0 saturated carbocycles. The van der Waals surface area contributed by atoms with Crippen LogP contribution in [0, 0.1) is 5.92 Å². The van der Waals surface area contributed by atoms with Crippen LogP contribution in [-0.2, 0) is 28.4 Å². The van der Waals surface area contributed by atoms with Crippen LogP contribution in [0.4, 0.5) is 14.5 Å². The first-order valence-corrected chi connectivity index (χ1v) is 13.6. The first kappa shape index (κ1) is 28.8. The first-order chi connectivity index (χ1) is 19.3. The fourth-order valence-corrected chi connectivity index (χ4v) is 4.84. The van der Waals surface area contributed by atoms with Gasteiger partial charge in [0.15, 0.2) is 0 Å². The van der Waals surface area contributed by atoms with E-state index in [9.17, 15) is 18.4 Å². The number of aliphatic imine (C=N–C) groups is 1. The van der Waals surface area contributed by atoms with Gasteiger partial charge >= 0.3 is 0 Å². The van der Waals surface area contributed by atoms with Crippen molar-refractivity contribution in [3.63, 3.8) is 0 Å². The number of alkyl halides is 2. The van der Waals surface area contributed by atoms with Crippen molar-refractivity contribution in [2.24, 2.45) is 10.9 Å². The van der Waals surface area contributed by atoms with E-state index in [-0.39, 0.29) is 24.3 Å². The molecule has 3 aromatic carbocycles. The quantitative estimate of drug-likeness (QED) is 0.265. The highest BCUT2D eigenvalue weighted by Gasteiger charge is 2.37. The molecule has 206 valence electrons. The third-order valence-electron chi connectivity index (χ3n) is 7.22. The Morgan fingerprint density at radius 2 is 1.77 bits per heavy atom. The number of carbonyl (C=O) groups is 2. The van der Waals surface area contributed by atoms with Crippen LogP contribution in [0.1, 0.15) is 60.9 Å². The molecule has 0 saturated heterocycles. The fourth-order valence-electron chi connectivity index (χ4n) is 4.84. The summed E-state index contributed by atoms with van der Waals surface area (Å²) in [6.45, 7) is 3.49. The van der Waals surface area contributed by atoms with Gasteiger partial charge in [-0.3, -0.25) is 9.79 Å². The van der Waals surface area contributed by atoms with Gasteiger partial charge in [-0.25, -0.2) is 8.78 Å². The molecule has 40 heavy (non-hydrogen) atoms. The molecule has 4 rings (SSSR count). The molecule has 0 bridgehead atoms. The number of benzene rings is 3. The average Bonchev–Trinajstić information content (AvgIpc) is 2.94.